The van der Waals surface area contributed by atoms with E-state index < -0.39 is 0 Å². The van der Waals surface area contributed by atoms with Gasteiger partial charge in [-0.2, -0.15) is 0 Å². The number of carbonyl (C=O) groups is 1. The van der Waals surface area contributed by atoms with Gasteiger partial charge in [0.2, 0.25) is 5.91 Å². The third-order valence-electron chi connectivity index (χ3n) is 3.73. The van der Waals surface area contributed by atoms with Crippen molar-refractivity contribution in [1.29, 1.82) is 0 Å². The standard InChI is InChI=1S/C16H18N2O2/c1-11(15-7-4-10-20-15)18-16(19)13-8-9-17-14-6-3-2-5-12(13)14/h2-7,10-11,13,17H,8-9H2,1H3,(H,18,19)/t11-,13?/m0/s1. The Morgan fingerprint density at radius 1 is 1.35 bits per heavy atom. The van der Waals surface area contributed by atoms with Crippen LogP contribution in [-0.4, -0.2) is 12.5 Å². The van der Waals surface area contributed by atoms with E-state index >= 15 is 0 Å². The second kappa shape index (κ2) is 5.41. The number of fused-ring (bicyclic) bond motifs is 1. The third kappa shape index (κ3) is 2.41. The molecule has 4 heteroatoms. The summed E-state index contributed by atoms with van der Waals surface area (Å²) in [6.45, 7) is 2.76. The molecular weight excluding hydrogens is 252 g/mol. The minimum atomic E-state index is -0.112. The molecule has 3 rings (SSSR count). The number of anilines is 1. The summed E-state index contributed by atoms with van der Waals surface area (Å²) in [6.07, 6.45) is 2.44. The predicted octanol–water partition coefficient (Wildman–Crippen LogP) is 3.06. The molecule has 2 N–H and O–H groups in total. The molecule has 20 heavy (non-hydrogen) atoms. The van der Waals surface area contributed by atoms with Crippen molar-refractivity contribution in [3.05, 3.63) is 54.0 Å². The van der Waals surface area contributed by atoms with Crippen molar-refractivity contribution in [2.24, 2.45) is 0 Å². The molecule has 2 heterocycles. The summed E-state index contributed by atoms with van der Waals surface area (Å²) in [4.78, 5) is 12.5. The predicted molar refractivity (Wildman–Crippen MR) is 77.6 cm³/mol. The van der Waals surface area contributed by atoms with E-state index in [0.29, 0.717) is 0 Å². The molecule has 0 saturated carbocycles. The maximum Gasteiger partial charge on any atom is 0.228 e. The fourth-order valence-electron chi connectivity index (χ4n) is 2.66. The second-order valence-corrected chi connectivity index (χ2v) is 5.10. The first-order valence-corrected chi connectivity index (χ1v) is 6.92. The van der Waals surface area contributed by atoms with E-state index in [1.54, 1.807) is 6.26 Å². The van der Waals surface area contributed by atoms with E-state index in [4.69, 9.17) is 4.42 Å². The Kier molecular flexibility index (Phi) is 3.46. The highest BCUT2D eigenvalue weighted by atomic mass is 16.3. The Morgan fingerprint density at radius 2 is 2.20 bits per heavy atom. The molecule has 1 amide bonds. The Bertz CT molecular complexity index is 592. The summed E-state index contributed by atoms with van der Waals surface area (Å²) in [5.74, 6) is 0.744. The zero-order valence-electron chi connectivity index (χ0n) is 11.4. The van der Waals surface area contributed by atoms with Gasteiger partial charge in [-0.1, -0.05) is 18.2 Å². The summed E-state index contributed by atoms with van der Waals surface area (Å²) in [6, 6.07) is 11.6. The van der Waals surface area contributed by atoms with Crippen LogP contribution in [0, 0.1) is 0 Å². The van der Waals surface area contributed by atoms with Gasteiger partial charge in [0, 0.05) is 12.2 Å². The Hall–Kier alpha value is -2.23. The van der Waals surface area contributed by atoms with Gasteiger partial charge in [-0.25, -0.2) is 0 Å². The van der Waals surface area contributed by atoms with E-state index in [2.05, 4.69) is 10.6 Å². The first-order chi connectivity index (χ1) is 9.75. The molecule has 2 aromatic rings. The number of para-hydroxylation sites is 1. The Balaban J connectivity index is 1.75. The van der Waals surface area contributed by atoms with Crippen molar-refractivity contribution in [2.75, 3.05) is 11.9 Å². The van der Waals surface area contributed by atoms with E-state index in [1.165, 1.54) is 0 Å². The molecule has 0 fully saturated rings. The number of furan rings is 1. The van der Waals surface area contributed by atoms with E-state index in [0.717, 1.165) is 30.0 Å². The maximum absolute atomic E-state index is 12.5. The third-order valence-corrected chi connectivity index (χ3v) is 3.73. The molecule has 0 bridgehead atoms. The van der Waals surface area contributed by atoms with Gasteiger partial charge in [-0.3, -0.25) is 4.79 Å². The van der Waals surface area contributed by atoms with Crippen LogP contribution >= 0.6 is 0 Å². The minimum absolute atomic E-state index is 0.0582. The second-order valence-electron chi connectivity index (χ2n) is 5.10. The summed E-state index contributed by atoms with van der Waals surface area (Å²) in [7, 11) is 0. The molecule has 0 saturated heterocycles. The average molecular weight is 270 g/mol. The highest BCUT2D eigenvalue weighted by Crippen LogP contribution is 2.31. The quantitative estimate of drug-likeness (QED) is 0.901. The molecule has 4 nitrogen and oxygen atoms in total. The van der Waals surface area contributed by atoms with Crippen LogP contribution in [0.1, 0.15) is 36.6 Å². The lowest BCUT2D eigenvalue weighted by Gasteiger charge is -2.26. The number of nitrogens with one attached hydrogen (secondary N) is 2. The molecule has 0 radical (unpaired) electrons. The largest absolute Gasteiger partial charge is 0.467 e. The van der Waals surface area contributed by atoms with E-state index in [-0.39, 0.29) is 17.9 Å². The molecule has 1 aromatic carbocycles. The first-order valence-electron chi connectivity index (χ1n) is 6.92. The molecular formula is C16H18N2O2. The monoisotopic (exact) mass is 270 g/mol. The summed E-state index contributed by atoms with van der Waals surface area (Å²) < 4.78 is 5.33. The van der Waals surface area contributed by atoms with Crippen molar-refractivity contribution >= 4 is 11.6 Å². The highest BCUT2D eigenvalue weighted by Gasteiger charge is 2.27. The van der Waals surface area contributed by atoms with E-state index in [9.17, 15) is 4.79 Å². The van der Waals surface area contributed by atoms with Crippen LogP contribution in [0.5, 0.6) is 0 Å². The molecule has 0 spiro atoms. The van der Waals surface area contributed by atoms with Crippen LogP contribution in [0.3, 0.4) is 0 Å². The van der Waals surface area contributed by atoms with Crippen LogP contribution in [-0.2, 0) is 4.79 Å². The minimum Gasteiger partial charge on any atom is -0.467 e. The molecule has 2 atom stereocenters. The molecule has 104 valence electrons. The highest BCUT2D eigenvalue weighted by molar-refractivity contribution is 5.86. The lowest BCUT2D eigenvalue weighted by Crippen LogP contribution is -2.34. The number of hydrogen-bond donors (Lipinski definition) is 2. The molecule has 1 aliphatic rings. The normalized spacial score (nSPS) is 18.8. The fraction of sp³-hybridized carbons (Fsp3) is 0.312. The summed E-state index contributed by atoms with van der Waals surface area (Å²) >= 11 is 0. The van der Waals surface area contributed by atoms with Gasteiger partial charge in [0.25, 0.3) is 0 Å². The number of benzene rings is 1. The maximum atomic E-state index is 12.5. The van der Waals surface area contributed by atoms with Crippen LogP contribution < -0.4 is 10.6 Å². The van der Waals surface area contributed by atoms with Gasteiger partial charge in [-0.15, -0.1) is 0 Å². The number of hydrogen-bond acceptors (Lipinski definition) is 3. The zero-order chi connectivity index (χ0) is 13.9. The van der Waals surface area contributed by atoms with Crippen LogP contribution in [0.2, 0.25) is 0 Å². The molecule has 1 unspecified atom stereocenters. The van der Waals surface area contributed by atoms with Gasteiger partial charge < -0.3 is 15.1 Å². The summed E-state index contributed by atoms with van der Waals surface area (Å²) in [5, 5.41) is 6.36. The fourth-order valence-corrected chi connectivity index (χ4v) is 2.66. The van der Waals surface area contributed by atoms with Crippen molar-refractivity contribution in [1.82, 2.24) is 5.32 Å². The van der Waals surface area contributed by atoms with Crippen molar-refractivity contribution in [3.63, 3.8) is 0 Å². The lowest BCUT2D eigenvalue weighted by molar-refractivity contribution is -0.123. The van der Waals surface area contributed by atoms with Crippen molar-refractivity contribution in [3.8, 4) is 0 Å². The van der Waals surface area contributed by atoms with Crippen LogP contribution in [0.15, 0.2) is 47.1 Å². The SMILES string of the molecule is C[C@H](NC(=O)C1CCNc2ccccc21)c1ccco1. The summed E-state index contributed by atoms with van der Waals surface area (Å²) in [5.41, 5.74) is 2.13. The van der Waals surface area contributed by atoms with Gasteiger partial charge in [-0.05, 0) is 37.1 Å². The number of carbonyl (C=O) groups excluding carboxylic acids is 1. The molecule has 1 aromatic heterocycles. The number of amides is 1. The van der Waals surface area contributed by atoms with Crippen molar-refractivity contribution < 1.29 is 9.21 Å². The van der Waals surface area contributed by atoms with Crippen LogP contribution in [0.25, 0.3) is 0 Å². The van der Waals surface area contributed by atoms with Crippen molar-refractivity contribution in [2.45, 2.75) is 25.3 Å². The smallest absolute Gasteiger partial charge is 0.228 e. The van der Waals surface area contributed by atoms with E-state index in [1.807, 2.05) is 43.3 Å². The van der Waals surface area contributed by atoms with Gasteiger partial charge in [0.15, 0.2) is 0 Å². The molecule has 1 aliphatic heterocycles. The topological polar surface area (TPSA) is 54.3 Å². The average Bonchev–Trinajstić information content (AvgIpc) is 3.01. The Morgan fingerprint density at radius 3 is 3.00 bits per heavy atom. The van der Waals surface area contributed by atoms with Gasteiger partial charge in [0.1, 0.15) is 5.76 Å². The van der Waals surface area contributed by atoms with Crippen LogP contribution in [0.4, 0.5) is 5.69 Å². The number of rotatable bonds is 3. The van der Waals surface area contributed by atoms with Gasteiger partial charge >= 0.3 is 0 Å². The van der Waals surface area contributed by atoms with Gasteiger partial charge in [0.05, 0.1) is 18.2 Å². The lowest BCUT2D eigenvalue weighted by atomic mass is 9.90. The first kappa shape index (κ1) is 12.8. The molecule has 0 aliphatic carbocycles. The Labute approximate surface area is 118 Å². The zero-order valence-corrected chi connectivity index (χ0v) is 11.4.